The number of carboxylic acid groups (broad SMARTS) is 1. The minimum atomic E-state index is -1.04. The number of fused-ring (bicyclic) bond motifs is 1. The van der Waals surface area contributed by atoms with Gasteiger partial charge in [-0.3, -0.25) is 18.7 Å². The van der Waals surface area contributed by atoms with Gasteiger partial charge in [0.25, 0.3) is 5.56 Å². The Kier molecular flexibility index (Phi) is 5.63. The van der Waals surface area contributed by atoms with Crippen molar-refractivity contribution in [3.05, 3.63) is 68.7 Å². The number of benzene rings is 1. The molecule has 5 rings (SSSR count). The van der Waals surface area contributed by atoms with Gasteiger partial charge >= 0.3 is 11.7 Å². The van der Waals surface area contributed by atoms with Crippen LogP contribution >= 0.6 is 11.3 Å². The van der Waals surface area contributed by atoms with Crippen LogP contribution in [0.5, 0.6) is 5.75 Å². The highest BCUT2D eigenvalue weighted by Crippen LogP contribution is 2.46. The van der Waals surface area contributed by atoms with E-state index in [9.17, 15) is 19.5 Å². The molecule has 1 N–H and O–H groups in total. The zero-order valence-corrected chi connectivity index (χ0v) is 20.4. The molecule has 1 saturated carbocycles. The van der Waals surface area contributed by atoms with E-state index < -0.39 is 22.8 Å². The van der Waals surface area contributed by atoms with Crippen molar-refractivity contribution in [1.82, 2.24) is 14.1 Å². The molecule has 3 heterocycles. The van der Waals surface area contributed by atoms with Crippen molar-refractivity contribution in [2.24, 2.45) is 0 Å². The topological polar surface area (TPSA) is 117 Å². The summed E-state index contributed by atoms with van der Waals surface area (Å²) >= 11 is 1.28. The van der Waals surface area contributed by atoms with E-state index >= 15 is 0 Å². The summed E-state index contributed by atoms with van der Waals surface area (Å²) in [5.41, 5.74) is -0.363. The first-order valence-electron chi connectivity index (χ1n) is 11.3. The molecule has 0 aliphatic heterocycles. The third-order valence-corrected chi connectivity index (χ3v) is 8.05. The van der Waals surface area contributed by atoms with E-state index in [4.69, 9.17) is 9.15 Å². The molecule has 1 fully saturated rings. The van der Waals surface area contributed by atoms with Gasteiger partial charge in [-0.1, -0.05) is 25.1 Å². The molecule has 0 spiro atoms. The number of aryl methyl sites for hydroxylation is 1. The van der Waals surface area contributed by atoms with Crippen molar-refractivity contribution >= 4 is 27.5 Å². The number of carbonyl (C=O) groups is 1. The molecule has 0 radical (unpaired) electrons. The Bertz CT molecular complexity index is 1540. The molecule has 1 atom stereocenters. The number of carboxylic acids is 1. The molecule has 1 unspecified atom stereocenters. The maximum absolute atomic E-state index is 13.9. The first-order chi connectivity index (χ1) is 16.8. The van der Waals surface area contributed by atoms with Crippen molar-refractivity contribution in [3.63, 3.8) is 0 Å². The van der Waals surface area contributed by atoms with Crippen molar-refractivity contribution in [2.75, 3.05) is 7.11 Å². The van der Waals surface area contributed by atoms with Crippen LogP contribution in [0.2, 0.25) is 0 Å². The van der Waals surface area contributed by atoms with Gasteiger partial charge in [-0.25, -0.2) is 9.78 Å². The van der Waals surface area contributed by atoms with Gasteiger partial charge in [0.15, 0.2) is 0 Å². The molecule has 1 aliphatic rings. The fourth-order valence-electron chi connectivity index (χ4n) is 4.82. The molecule has 1 aliphatic carbocycles. The van der Waals surface area contributed by atoms with Crippen LogP contribution in [-0.2, 0) is 16.9 Å². The Morgan fingerprint density at radius 2 is 2.06 bits per heavy atom. The summed E-state index contributed by atoms with van der Waals surface area (Å²) in [5, 5.41) is 9.89. The summed E-state index contributed by atoms with van der Waals surface area (Å²) < 4.78 is 13.8. The van der Waals surface area contributed by atoms with Crippen LogP contribution in [-0.4, -0.2) is 32.3 Å². The normalized spacial score (nSPS) is 15.3. The number of aliphatic carboxylic acids is 1. The van der Waals surface area contributed by atoms with Crippen LogP contribution in [0.1, 0.15) is 43.2 Å². The predicted octanol–water partition coefficient (Wildman–Crippen LogP) is 3.96. The van der Waals surface area contributed by atoms with E-state index in [0.717, 1.165) is 5.56 Å². The minimum absolute atomic E-state index is 0.125. The van der Waals surface area contributed by atoms with E-state index in [-0.39, 0.29) is 18.9 Å². The molecule has 1 aromatic carbocycles. The standard InChI is InChI=1S/C25H25N3O6S/c1-14(16-6-4-5-7-17(16)33-3)13-27-23-19(15(2)20(35-23)21-26-10-11-34-21)22(31)28(24(27)32)25(8-9-25)12-18(29)30/h4-7,10-11,14H,8-9,12-13H2,1-3H3,(H,29,30). The Morgan fingerprint density at radius 3 is 2.69 bits per heavy atom. The number of nitrogens with zero attached hydrogens (tertiary/aromatic N) is 3. The quantitative estimate of drug-likeness (QED) is 0.393. The van der Waals surface area contributed by atoms with Crippen molar-refractivity contribution in [1.29, 1.82) is 0 Å². The number of hydrogen-bond acceptors (Lipinski definition) is 7. The van der Waals surface area contributed by atoms with Crippen molar-refractivity contribution in [3.8, 4) is 16.5 Å². The predicted molar refractivity (Wildman–Crippen MR) is 131 cm³/mol. The van der Waals surface area contributed by atoms with Gasteiger partial charge in [-0.05, 0) is 37.0 Å². The number of para-hydroxylation sites is 1. The molecular formula is C25H25N3O6S. The largest absolute Gasteiger partial charge is 0.496 e. The number of rotatable bonds is 8. The lowest BCUT2D eigenvalue weighted by Gasteiger charge is -2.21. The summed E-state index contributed by atoms with van der Waals surface area (Å²) in [7, 11) is 1.60. The summed E-state index contributed by atoms with van der Waals surface area (Å²) in [4.78, 5) is 44.6. The highest BCUT2D eigenvalue weighted by atomic mass is 32.1. The first-order valence-corrected chi connectivity index (χ1v) is 12.1. The second kappa shape index (κ2) is 8.53. The lowest BCUT2D eigenvalue weighted by atomic mass is 10.00. The average molecular weight is 496 g/mol. The zero-order chi connectivity index (χ0) is 24.9. The van der Waals surface area contributed by atoms with Crippen LogP contribution in [0.15, 0.2) is 50.7 Å². The van der Waals surface area contributed by atoms with Gasteiger partial charge < -0.3 is 14.3 Å². The van der Waals surface area contributed by atoms with E-state index in [1.54, 1.807) is 18.6 Å². The van der Waals surface area contributed by atoms with Crippen LogP contribution in [0.25, 0.3) is 21.0 Å². The van der Waals surface area contributed by atoms with E-state index in [2.05, 4.69) is 4.98 Å². The Morgan fingerprint density at radius 1 is 1.31 bits per heavy atom. The maximum Gasteiger partial charge on any atom is 0.332 e. The van der Waals surface area contributed by atoms with Crippen LogP contribution in [0, 0.1) is 6.92 Å². The number of methoxy groups -OCH3 is 1. The fourth-order valence-corrected chi connectivity index (χ4v) is 6.06. The lowest BCUT2D eigenvalue weighted by molar-refractivity contribution is -0.138. The number of ether oxygens (including phenoxy) is 1. The third kappa shape index (κ3) is 3.78. The molecular weight excluding hydrogens is 470 g/mol. The van der Waals surface area contributed by atoms with E-state index in [1.807, 2.05) is 31.2 Å². The van der Waals surface area contributed by atoms with E-state index in [0.29, 0.717) is 45.1 Å². The number of thiophene rings is 1. The zero-order valence-electron chi connectivity index (χ0n) is 19.6. The highest BCUT2D eigenvalue weighted by molar-refractivity contribution is 7.22. The molecule has 4 aromatic rings. The Labute approximate surface area is 204 Å². The molecule has 9 nitrogen and oxygen atoms in total. The second-order valence-electron chi connectivity index (χ2n) is 9.05. The smallest absolute Gasteiger partial charge is 0.332 e. The average Bonchev–Trinajstić information content (AvgIpc) is 3.23. The van der Waals surface area contributed by atoms with Crippen LogP contribution in [0.4, 0.5) is 0 Å². The lowest BCUT2D eigenvalue weighted by Crippen LogP contribution is -2.46. The highest BCUT2D eigenvalue weighted by Gasteiger charge is 2.49. The van der Waals surface area contributed by atoms with E-state index in [1.165, 1.54) is 28.4 Å². The van der Waals surface area contributed by atoms with Gasteiger partial charge in [-0.2, -0.15) is 0 Å². The first kappa shape index (κ1) is 23.1. The molecule has 35 heavy (non-hydrogen) atoms. The molecule has 0 amide bonds. The van der Waals surface area contributed by atoms with Gasteiger partial charge in [0.1, 0.15) is 16.8 Å². The van der Waals surface area contributed by atoms with Crippen LogP contribution < -0.4 is 16.0 Å². The Hall–Kier alpha value is -3.66. The summed E-state index contributed by atoms with van der Waals surface area (Å²) in [6, 6.07) is 7.61. The SMILES string of the molecule is COc1ccccc1C(C)Cn1c(=O)n(C2(CC(=O)O)CC2)c(=O)c2c(C)c(-c3ncco3)sc21. The second-order valence-corrected chi connectivity index (χ2v) is 10.0. The minimum Gasteiger partial charge on any atom is -0.496 e. The number of aromatic nitrogens is 3. The van der Waals surface area contributed by atoms with Gasteiger partial charge in [-0.15, -0.1) is 11.3 Å². The number of oxazole rings is 1. The van der Waals surface area contributed by atoms with Crippen LogP contribution in [0.3, 0.4) is 0 Å². The molecule has 0 bridgehead atoms. The maximum atomic E-state index is 13.9. The third-order valence-electron chi connectivity index (χ3n) is 6.75. The monoisotopic (exact) mass is 495 g/mol. The van der Waals surface area contributed by atoms with Crippen molar-refractivity contribution < 1.29 is 19.1 Å². The van der Waals surface area contributed by atoms with Crippen molar-refractivity contribution in [2.45, 2.75) is 51.1 Å². The molecule has 3 aromatic heterocycles. The molecule has 10 heteroatoms. The van der Waals surface area contributed by atoms with Gasteiger partial charge in [0.2, 0.25) is 5.89 Å². The fraction of sp³-hybridized carbons (Fsp3) is 0.360. The Balaban J connectivity index is 1.76. The molecule has 0 saturated heterocycles. The summed E-state index contributed by atoms with van der Waals surface area (Å²) in [6.45, 7) is 4.08. The summed E-state index contributed by atoms with van der Waals surface area (Å²) in [5.74, 6) is -0.0753. The molecule has 182 valence electrons. The van der Waals surface area contributed by atoms with Gasteiger partial charge in [0.05, 0.1) is 35.5 Å². The summed E-state index contributed by atoms with van der Waals surface area (Å²) in [6.07, 6.45) is 3.65. The van der Waals surface area contributed by atoms with Gasteiger partial charge in [0, 0.05) is 12.5 Å². The number of hydrogen-bond donors (Lipinski definition) is 1.